The fourth-order valence-corrected chi connectivity index (χ4v) is 1.82. The van der Waals surface area contributed by atoms with Gasteiger partial charge in [0.05, 0.1) is 13.0 Å². The Morgan fingerprint density at radius 3 is 2.59 bits per heavy atom. The molecule has 3 heteroatoms. The molecule has 1 N–H and O–H groups in total. The molecule has 0 aliphatic rings. The third-order valence-electron chi connectivity index (χ3n) is 2.99. The number of rotatable bonds is 5. The van der Waals surface area contributed by atoms with Crippen molar-refractivity contribution in [2.45, 2.75) is 26.8 Å². The molecule has 1 aromatic rings. The number of hydrogen-bond acceptors (Lipinski definition) is 3. The first-order valence-electron chi connectivity index (χ1n) is 5.93. The lowest BCUT2D eigenvalue weighted by Gasteiger charge is -2.18. The summed E-state index contributed by atoms with van der Waals surface area (Å²) in [5.41, 5.74) is 2.53. The van der Waals surface area contributed by atoms with Gasteiger partial charge < -0.3 is 10.1 Å². The number of carbonyl (C=O) groups is 1. The molecule has 0 saturated carbocycles. The first kappa shape index (κ1) is 13.7. The summed E-state index contributed by atoms with van der Waals surface area (Å²) in [4.78, 5) is 11.3. The number of methoxy groups -OCH3 is 1. The van der Waals surface area contributed by atoms with Crippen molar-refractivity contribution in [1.29, 1.82) is 0 Å². The summed E-state index contributed by atoms with van der Waals surface area (Å²) in [6.07, 6.45) is 0. The number of ether oxygens (including phenoxy) is 1. The van der Waals surface area contributed by atoms with Crippen LogP contribution in [0.3, 0.4) is 0 Å². The number of nitrogens with one attached hydrogen (secondary N) is 1. The van der Waals surface area contributed by atoms with Gasteiger partial charge in [-0.1, -0.05) is 31.2 Å². The molecule has 0 saturated heterocycles. The van der Waals surface area contributed by atoms with Crippen LogP contribution in [0.25, 0.3) is 0 Å². The van der Waals surface area contributed by atoms with E-state index in [2.05, 4.69) is 31.3 Å². The Morgan fingerprint density at radius 1 is 1.35 bits per heavy atom. The van der Waals surface area contributed by atoms with E-state index in [4.69, 9.17) is 4.74 Å². The Kier molecular flexibility index (Phi) is 5.16. The monoisotopic (exact) mass is 235 g/mol. The van der Waals surface area contributed by atoms with E-state index < -0.39 is 0 Å². The third-order valence-corrected chi connectivity index (χ3v) is 2.99. The van der Waals surface area contributed by atoms with Crippen LogP contribution in [0.4, 0.5) is 0 Å². The smallest absolute Gasteiger partial charge is 0.309 e. The molecule has 1 unspecified atom stereocenters. The first-order valence-corrected chi connectivity index (χ1v) is 5.93. The topological polar surface area (TPSA) is 38.3 Å². The van der Waals surface area contributed by atoms with Crippen LogP contribution < -0.4 is 5.32 Å². The maximum absolute atomic E-state index is 11.3. The highest BCUT2D eigenvalue weighted by molar-refractivity contribution is 5.72. The summed E-state index contributed by atoms with van der Waals surface area (Å²) >= 11 is 0. The number of carbonyl (C=O) groups excluding carboxylic acids is 1. The van der Waals surface area contributed by atoms with E-state index in [1.54, 1.807) is 0 Å². The van der Waals surface area contributed by atoms with E-state index in [0.29, 0.717) is 6.54 Å². The molecule has 0 bridgehead atoms. The predicted octanol–water partition coefficient (Wildman–Crippen LogP) is 2.45. The second kappa shape index (κ2) is 6.40. The highest BCUT2D eigenvalue weighted by Crippen LogP contribution is 2.16. The molecule has 0 aromatic heterocycles. The molecule has 3 nitrogen and oxygen atoms in total. The predicted molar refractivity (Wildman–Crippen MR) is 68.8 cm³/mol. The zero-order valence-electron chi connectivity index (χ0n) is 11.0. The van der Waals surface area contributed by atoms with Gasteiger partial charge in [-0.3, -0.25) is 4.79 Å². The molecular weight excluding hydrogens is 214 g/mol. The highest BCUT2D eigenvalue weighted by atomic mass is 16.5. The summed E-state index contributed by atoms with van der Waals surface area (Å²) in [6, 6.07) is 8.50. The van der Waals surface area contributed by atoms with E-state index in [1.165, 1.54) is 18.2 Å². The molecule has 1 rings (SSSR count). The maximum atomic E-state index is 11.3. The van der Waals surface area contributed by atoms with Crippen LogP contribution >= 0.6 is 0 Å². The third kappa shape index (κ3) is 3.86. The number of hydrogen-bond donors (Lipinski definition) is 1. The van der Waals surface area contributed by atoms with E-state index in [1.807, 2.05) is 19.1 Å². The Bertz CT molecular complexity index is 376. The SMILES string of the molecule is COC(=O)C(C)CN[C@@H](C)c1ccccc1C. The Labute approximate surface area is 103 Å². The van der Waals surface area contributed by atoms with Gasteiger partial charge in [-0.25, -0.2) is 0 Å². The lowest BCUT2D eigenvalue weighted by molar-refractivity contribution is -0.144. The van der Waals surface area contributed by atoms with Crippen LogP contribution in [0, 0.1) is 12.8 Å². The Hall–Kier alpha value is -1.35. The zero-order chi connectivity index (χ0) is 12.8. The summed E-state index contributed by atoms with van der Waals surface area (Å²) < 4.78 is 4.69. The minimum absolute atomic E-state index is 0.119. The van der Waals surface area contributed by atoms with Crippen LogP contribution in [0.5, 0.6) is 0 Å². The molecule has 94 valence electrons. The van der Waals surface area contributed by atoms with Gasteiger partial charge in [-0.15, -0.1) is 0 Å². The van der Waals surface area contributed by atoms with Crippen molar-refractivity contribution < 1.29 is 9.53 Å². The average molecular weight is 235 g/mol. The minimum Gasteiger partial charge on any atom is -0.469 e. The molecule has 17 heavy (non-hydrogen) atoms. The largest absolute Gasteiger partial charge is 0.469 e. The number of benzene rings is 1. The van der Waals surface area contributed by atoms with Crippen molar-refractivity contribution in [3.63, 3.8) is 0 Å². The second-order valence-electron chi connectivity index (χ2n) is 4.41. The lowest BCUT2D eigenvalue weighted by atomic mass is 10.0. The van der Waals surface area contributed by atoms with Gasteiger partial charge in [0, 0.05) is 12.6 Å². The van der Waals surface area contributed by atoms with Crippen molar-refractivity contribution >= 4 is 5.97 Å². The van der Waals surface area contributed by atoms with Gasteiger partial charge in [0.15, 0.2) is 0 Å². The summed E-state index contributed by atoms with van der Waals surface area (Å²) in [7, 11) is 1.42. The van der Waals surface area contributed by atoms with Crippen molar-refractivity contribution in [3.8, 4) is 0 Å². The van der Waals surface area contributed by atoms with Gasteiger partial charge in [0.25, 0.3) is 0 Å². The van der Waals surface area contributed by atoms with E-state index >= 15 is 0 Å². The first-order chi connectivity index (χ1) is 8.06. The number of esters is 1. The van der Waals surface area contributed by atoms with Crippen LogP contribution in [-0.2, 0) is 9.53 Å². The molecular formula is C14H21NO2. The van der Waals surface area contributed by atoms with Crippen LogP contribution in [0.2, 0.25) is 0 Å². The van der Waals surface area contributed by atoms with Gasteiger partial charge in [-0.2, -0.15) is 0 Å². The van der Waals surface area contributed by atoms with Gasteiger partial charge in [-0.05, 0) is 25.0 Å². The van der Waals surface area contributed by atoms with E-state index in [-0.39, 0.29) is 17.9 Å². The highest BCUT2D eigenvalue weighted by Gasteiger charge is 2.15. The zero-order valence-corrected chi connectivity index (χ0v) is 11.0. The van der Waals surface area contributed by atoms with Gasteiger partial charge in [0.1, 0.15) is 0 Å². The summed E-state index contributed by atoms with van der Waals surface area (Å²) in [6.45, 7) is 6.69. The minimum atomic E-state index is -0.172. The fourth-order valence-electron chi connectivity index (χ4n) is 1.82. The van der Waals surface area contributed by atoms with Crippen LogP contribution in [-0.4, -0.2) is 19.6 Å². The molecule has 0 fully saturated rings. The van der Waals surface area contributed by atoms with Crippen LogP contribution in [0.15, 0.2) is 24.3 Å². The summed E-state index contributed by atoms with van der Waals surface area (Å²) in [5.74, 6) is -0.291. The van der Waals surface area contributed by atoms with Crippen LogP contribution in [0.1, 0.15) is 31.0 Å². The molecule has 0 heterocycles. The van der Waals surface area contributed by atoms with Crippen molar-refractivity contribution in [2.24, 2.45) is 5.92 Å². The molecule has 0 aliphatic heterocycles. The summed E-state index contributed by atoms with van der Waals surface area (Å²) in [5, 5.41) is 3.35. The Balaban J connectivity index is 2.53. The fraction of sp³-hybridized carbons (Fsp3) is 0.500. The van der Waals surface area contributed by atoms with Gasteiger partial charge in [0.2, 0.25) is 0 Å². The van der Waals surface area contributed by atoms with E-state index in [0.717, 1.165) is 0 Å². The van der Waals surface area contributed by atoms with Crippen molar-refractivity contribution in [1.82, 2.24) is 5.32 Å². The number of aryl methyl sites for hydroxylation is 1. The lowest BCUT2D eigenvalue weighted by Crippen LogP contribution is -2.29. The average Bonchev–Trinajstić information content (AvgIpc) is 2.35. The van der Waals surface area contributed by atoms with Gasteiger partial charge >= 0.3 is 5.97 Å². The van der Waals surface area contributed by atoms with Crippen molar-refractivity contribution in [2.75, 3.05) is 13.7 Å². The molecule has 1 aromatic carbocycles. The maximum Gasteiger partial charge on any atom is 0.309 e. The molecule has 0 aliphatic carbocycles. The van der Waals surface area contributed by atoms with Crippen molar-refractivity contribution in [3.05, 3.63) is 35.4 Å². The normalized spacial score (nSPS) is 14.1. The quantitative estimate of drug-likeness (QED) is 0.797. The molecule has 0 amide bonds. The second-order valence-corrected chi connectivity index (χ2v) is 4.41. The molecule has 0 radical (unpaired) electrons. The molecule has 0 spiro atoms. The molecule has 2 atom stereocenters. The van der Waals surface area contributed by atoms with E-state index in [9.17, 15) is 4.79 Å². The Morgan fingerprint density at radius 2 is 2.00 bits per heavy atom. The standard InChI is InChI=1S/C14H21NO2/c1-10-7-5-6-8-13(10)12(3)15-9-11(2)14(16)17-4/h5-8,11-12,15H,9H2,1-4H3/t11?,12-/m0/s1.